The molecule has 0 aliphatic rings. The molecule has 0 saturated heterocycles. The highest BCUT2D eigenvalue weighted by Gasteiger charge is 2.10. The number of imidazole rings is 1. The maximum absolute atomic E-state index is 4.62. The molecule has 0 spiro atoms. The van der Waals surface area contributed by atoms with Gasteiger partial charge in [0.2, 0.25) is 5.95 Å². The highest BCUT2D eigenvalue weighted by Crippen LogP contribution is 2.24. The van der Waals surface area contributed by atoms with Crippen LogP contribution in [0.15, 0.2) is 73.1 Å². The first-order chi connectivity index (χ1) is 12.4. The van der Waals surface area contributed by atoms with Crippen LogP contribution in [-0.4, -0.2) is 24.6 Å². The average Bonchev–Trinajstić information content (AvgIpc) is 3.27. The fraction of sp³-hybridized carbons (Fsp3) is 0. The van der Waals surface area contributed by atoms with Gasteiger partial charge in [0, 0.05) is 11.3 Å². The molecule has 0 atom stereocenters. The lowest BCUT2D eigenvalue weighted by molar-refractivity contribution is 0.974. The molecule has 2 aromatic carbocycles. The van der Waals surface area contributed by atoms with Crippen molar-refractivity contribution < 1.29 is 0 Å². The van der Waals surface area contributed by atoms with Crippen LogP contribution in [0, 0.1) is 0 Å². The van der Waals surface area contributed by atoms with Crippen molar-refractivity contribution in [2.24, 2.45) is 0 Å². The van der Waals surface area contributed by atoms with Gasteiger partial charge in [-0.2, -0.15) is 4.98 Å². The Kier molecular flexibility index (Phi) is 3.00. The Morgan fingerprint density at radius 2 is 1.84 bits per heavy atom. The number of H-pyrrole nitrogens is 1. The Hall–Kier alpha value is -3.67. The number of fused-ring (bicyclic) bond motifs is 2. The van der Waals surface area contributed by atoms with Crippen molar-refractivity contribution in [2.45, 2.75) is 0 Å². The number of nitrogens with one attached hydrogen (secondary N) is 2. The lowest BCUT2D eigenvalue weighted by Crippen LogP contribution is -1.95. The minimum absolute atomic E-state index is 0.571. The summed E-state index contributed by atoms with van der Waals surface area (Å²) in [7, 11) is 0. The van der Waals surface area contributed by atoms with E-state index in [1.165, 1.54) is 0 Å². The second-order valence-electron chi connectivity index (χ2n) is 5.74. The summed E-state index contributed by atoms with van der Waals surface area (Å²) in [5, 5.41) is 7.86. The van der Waals surface area contributed by atoms with E-state index < -0.39 is 0 Å². The standard InChI is InChI=1S/C19H14N6/c1-2-5-14(6-3-1)22-19-23-18-8-4-7-17(25(18)24-19)13-9-10-15-16(11-13)21-12-20-15/h1-12H,(H,20,21)(H,22,24). The van der Waals surface area contributed by atoms with E-state index >= 15 is 0 Å². The lowest BCUT2D eigenvalue weighted by Gasteiger charge is -2.04. The number of nitrogens with zero attached hydrogens (tertiary/aromatic N) is 4. The van der Waals surface area contributed by atoms with Crippen LogP contribution in [-0.2, 0) is 0 Å². The van der Waals surface area contributed by atoms with E-state index in [0.717, 1.165) is 33.6 Å². The summed E-state index contributed by atoms with van der Waals surface area (Å²) in [4.78, 5) is 12.0. The molecule has 0 radical (unpaired) electrons. The van der Waals surface area contributed by atoms with E-state index in [4.69, 9.17) is 0 Å². The topological polar surface area (TPSA) is 70.9 Å². The first kappa shape index (κ1) is 13.7. The number of pyridine rings is 1. The number of benzene rings is 2. The van der Waals surface area contributed by atoms with Crippen molar-refractivity contribution in [1.82, 2.24) is 24.6 Å². The lowest BCUT2D eigenvalue weighted by atomic mass is 10.1. The highest BCUT2D eigenvalue weighted by molar-refractivity contribution is 5.81. The summed E-state index contributed by atoms with van der Waals surface area (Å²) in [5.74, 6) is 0.571. The fourth-order valence-electron chi connectivity index (χ4n) is 2.92. The molecule has 0 bridgehead atoms. The minimum Gasteiger partial charge on any atom is -0.345 e. The molecule has 0 aliphatic heterocycles. The second kappa shape index (κ2) is 5.45. The summed E-state index contributed by atoms with van der Waals surface area (Å²) in [6, 6.07) is 22.0. The maximum Gasteiger partial charge on any atom is 0.247 e. The van der Waals surface area contributed by atoms with Crippen molar-refractivity contribution in [3.05, 3.63) is 73.1 Å². The smallest absolute Gasteiger partial charge is 0.247 e. The van der Waals surface area contributed by atoms with Crippen molar-refractivity contribution in [3.63, 3.8) is 0 Å². The van der Waals surface area contributed by atoms with Crippen LogP contribution >= 0.6 is 0 Å². The monoisotopic (exact) mass is 326 g/mol. The summed E-state index contributed by atoms with van der Waals surface area (Å²) >= 11 is 0. The molecule has 5 rings (SSSR count). The zero-order chi connectivity index (χ0) is 16.6. The Morgan fingerprint density at radius 1 is 0.920 bits per heavy atom. The number of hydrogen-bond acceptors (Lipinski definition) is 4. The van der Waals surface area contributed by atoms with Gasteiger partial charge < -0.3 is 10.3 Å². The Labute approximate surface area is 143 Å². The van der Waals surface area contributed by atoms with Crippen molar-refractivity contribution in [1.29, 1.82) is 0 Å². The van der Waals surface area contributed by atoms with Gasteiger partial charge in [-0.25, -0.2) is 9.50 Å². The van der Waals surface area contributed by atoms with Gasteiger partial charge in [0.1, 0.15) is 0 Å². The van der Waals surface area contributed by atoms with Gasteiger partial charge in [-0.05, 0) is 36.4 Å². The van der Waals surface area contributed by atoms with E-state index in [-0.39, 0.29) is 0 Å². The Balaban J connectivity index is 1.61. The minimum atomic E-state index is 0.571. The molecule has 0 amide bonds. The third kappa shape index (κ3) is 2.40. The van der Waals surface area contributed by atoms with Gasteiger partial charge >= 0.3 is 0 Å². The molecule has 3 heterocycles. The van der Waals surface area contributed by atoms with Crippen LogP contribution in [0.25, 0.3) is 27.9 Å². The van der Waals surface area contributed by atoms with Crippen molar-refractivity contribution in [3.8, 4) is 11.3 Å². The summed E-state index contributed by atoms with van der Waals surface area (Å²) < 4.78 is 1.85. The third-order valence-corrected chi connectivity index (χ3v) is 4.11. The molecule has 2 N–H and O–H groups in total. The van der Waals surface area contributed by atoms with E-state index in [0.29, 0.717) is 5.95 Å². The van der Waals surface area contributed by atoms with E-state index in [1.54, 1.807) is 6.33 Å². The third-order valence-electron chi connectivity index (χ3n) is 4.11. The predicted molar refractivity (Wildman–Crippen MR) is 97.8 cm³/mol. The molecular weight excluding hydrogens is 312 g/mol. The number of aromatic amines is 1. The molecule has 120 valence electrons. The van der Waals surface area contributed by atoms with Gasteiger partial charge in [-0.1, -0.05) is 30.3 Å². The molecule has 6 heteroatoms. The predicted octanol–water partition coefficient (Wildman–Crippen LogP) is 4.02. The Morgan fingerprint density at radius 3 is 2.76 bits per heavy atom. The van der Waals surface area contributed by atoms with Gasteiger partial charge in [0.25, 0.3) is 0 Å². The van der Waals surface area contributed by atoms with E-state index in [2.05, 4.69) is 31.4 Å². The summed E-state index contributed by atoms with van der Waals surface area (Å²) in [6.45, 7) is 0. The molecule has 3 aromatic heterocycles. The second-order valence-corrected chi connectivity index (χ2v) is 5.74. The largest absolute Gasteiger partial charge is 0.345 e. The van der Waals surface area contributed by atoms with Crippen LogP contribution in [0.4, 0.5) is 11.6 Å². The molecule has 0 unspecified atom stereocenters. The fourth-order valence-corrected chi connectivity index (χ4v) is 2.92. The number of aromatic nitrogens is 5. The van der Waals surface area contributed by atoms with Gasteiger partial charge in [0.15, 0.2) is 5.65 Å². The zero-order valence-electron chi connectivity index (χ0n) is 13.2. The summed E-state index contributed by atoms with van der Waals surface area (Å²) in [5.41, 5.74) is 5.72. The van der Waals surface area contributed by atoms with Crippen LogP contribution in [0.1, 0.15) is 0 Å². The number of hydrogen-bond donors (Lipinski definition) is 2. The van der Waals surface area contributed by atoms with Gasteiger partial charge in [0.05, 0.1) is 23.1 Å². The van der Waals surface area contributed by atoms with Crippen LogP contribution in [0.3, 0.4) is 0 Å². The first-order valence-electron chi connectivity index (χ1n) is 7.98. The maximum atomic E-state index is 4.62. The molecule has 0 aliphatic carbocycles. The molecular formula is C19H14N6. The molecule has 6 nitrogen and oxygen atoms in total. The SMILES string of the molecule is c1ccc(Nc2nc3cccc(-c4ccc5nc[nH]c5c4)n3n2)cc1. The van der Waals surface area contributed by atoms with E-state index in [9.17, 15) is 0 Å². The van der Waals surface area contributed by atoms with Gasteiger partial charge in [-0.3, -0.25) is 0 Å². The number of anilines is 2. The van der Waals surface area contributed by atoms with Gasteiger partial charge in [-0.15, -0.1) is 5.10 Å². The van der Waals surface area contributed by atoms with Crippen LogP contribution < -0.4 is 5.32 Å². The molecule has 5 aromatic rings. The van der Waals surface area contributed by atoms with Crippen molar-refractivity contribution >= 4 is 28.3 Å². The molecule has 0 fully saturated rings. The normalized spacial score (nSPS) is 11.2. The Bertz CT molecular complexity index is 1170. The number of rotatable bonds is 3. The average molecular weight is 326 g/mol. The first-order valence-corrected chi connectivity index (χ1v) is 7.98. The van der Waals surface area contributed by atoms with E-state index in [1.807, 2.05) is 65.2 Å². The highest BCUT2D eigenvalue weighted by atomic mass is 15.4. The van der Waals surface area contributed by atoms with Crippen LogP contribution in [0.2, 0.25) is 0 Å². The number of para-hydroxylation sites is 1. The van der Waals surface area contributed by atoms with Crippen molar-refractivity contribution in [2.75, 3.05) is 5.32 Å². The quantitative estimate of drug-likeness (QED) is 0.525. The molecule has 0 saturated carbocycles. The zero-order valence-corrected chi connectivity index (χ0v) is 13.2. The van der Waals surface area contributed by atoms with Crippen LogP contribution in [0.5, 0.6) is 0 Å². The molecule has 25 heavy (non-hydrogen) atoms. The summed E-state index contributed by atoms with van der Waals surface area (Å²) in [6.07, 6.45) is 1.70.